The topological polar surface area (TPSA) is 49.3 Å². The molecule has 0 saturated carbocycles. The van der Waals surface area contributed by atoms with Gasteiger partial charge in [-0.2, -0.15) is 0 Å². The van der Waals surface area contributed by atoms with E-state index in [1.807, 2.05) is 43.3 Å². The molecule has 1 rings (SSSR count). The van der Waals surface area contributed by atoms with Crippen molar-refractivity contribution in [2.24, 2.45) is 0 Å². The second kappa shape index (κ2) is 5.95. The molecule has 1 aromatic carbocycles. The van der Waals surface area contributed by atoms with E-state index in [1.165, 1.54) is 0 Å². The first-order valence-corrected chi connectivity index (χ1v) is 5.33. The third kappa shape index (κ3) is 3.42. The lowest BCUT2D eigenvalue weighted by atomic mass is 10.0. The van der Waals surface area contributed by atoms with Gasteiger partial charge in [0, 0.05) is 12.2 Å². The van der Waals surface area contributed by atoms with Gasteiger partial charge in [0.15, 0.2) is 0 Å². The highest BCUT2D eigenvalue weighted by molar-refractivity contribution is 5.75. The van der Waals surface area contributed by atoms with E-state index in [-0.39, 0.29) is 0 Å². The first-order valence-electron chi connectivity index (χ1n) is 5.33. The summed E-state index contributed by atoms with van der Waals surface area (Å²) in [7, 11) is 0. The molecule has 2 N–H and O–H groups in total. The maximum atomic E-state index is 10.8. The van der Waals surface area contributed by atoms with Crippen molar-refractivity contribution in [3.63, 3.8) is 0 Å². The lowest BCUT2D eigenvalue weighted by molar-refractivity contribution is -0.138. The van der Waals surface area contributed by atoms with Gasteiger partial charge in [0.05, 0.1) is 5.92 Å². The zero-order chi connectivity index (χ0) is 12.0. The highest BCUT2D eigenvalue weighted by Gasteiger charge is 2.12. The second-order valence-electron chi connectivity index (χ2n) is 3.63. The molecule has 86 valence electrons. The molecule has 16 heavy (non-hydrogen) atoms. The largest absolute Gasteiger partial charge is 0.481 e. The standard InChI is InChI=1S/C13H17NO2/c1-3-4-9-14-12-7-5-11(6-8-12)10(2)13(15)16/h3-8,10,14H,9H2,1-2H3,(H,15,16). The van der Waals surface area contributed by atoms with Crippen LogP contribution in [0.5, 0.6) is 0 Å². The van der Waals surface area contributed by atoms with E-state index >= 15 is 0 Å². The molecule has 0 heterocycles. The number of benzene rings is 1. The third-order valence-corrected chi connectivity index (χ3v) is 2.44. The summed E-state index contributed by atoms with van der Waals surface area (Å²) in [5, 5.41) is 12.1. The Labute approximate surface area is 95.8 Å². The van der Waals surface area contributed by atoms with Crippen molar-refractivity contribution >= 4 is 11.7 Å². The molecule has 0 amide bonds. The molecule has 1 atom stereocenters. The minimum Gasteiger partial charge on any atom is -0.481 e. The average molecular weight is 219 g/mol. The van der Waals surface area contributed by atoms with Crippen LogP contribution in [0.15, 0.2) is 36.4 Å². The van der Waals surface area contributed by atoms with Crippen molar-refractivity contribution in [1.82, 2.24) is 0 Å². The van der Waals surface area contributed by atoms with Gasteiger partial charge < -0.3 is 10.4 Å². The number of hydrogen-bond acceptors (Lipinski definition) is 2. The smallest absolute Gasteiger partial charge is 0.310 e. The van der Waals surface area contributed by atoms with Gasteiger partial charge in [-0.05, 0) is 31.5 Å². The fourth-order valence-electron chi connectivity index (χ4n) is 1.33. The summed E-state index contributed by atoms with van der Waals surface area (Å²) in [4.78, 5) is 10.8. The van der Waals surface area contributed by atoms with Crippen LogP contribution in [-0.4, -0.2) is 17.6 Å². The summed E-state index contributed by atoms with van der Waals surface area (Å²) in [5.41, 5.74) is 1.82. The van der Waals surface area contributed by atoms with Crippen LogP contribution in [0.2, 0.25) is 0 Å². The Morgan fingerprint density at radius 2 is 2.06 bits per heavy atom. The first kappa shape index (κ1) is 12.3. The van der Waals surface area contributed by atoms with E-state index in [4.69, 9.17) is 5.11 Å². The molecular weight excluding hydrogens is 202 g/mol. The SMILES string of the molecule is CC=CCNc1ccc(C(C)C(=O)O)cc1. The zero-order valence-corrected chi connectivity index (χ0v) is 9.60. The number of carbonyl (C=O) groups is 1. The molecule has 0 aliphatic heterocycles. The summed E-state index contributed by atoms with van der Waals surface area (Å²) >= 11 is 0. The molecule has 3 nitrogen and oxygen atoms in total. The van der Waals surface area contributed by atoms with Crippen LogP contribution in [-0.2, 0) is 4.79 Å². The number of nitrogens with one attached hydrogen (secondary N) is 1. The number of hydrogen-bond donors (Lipinski definition) is 2. The second-order valence-corrected chi connectivity index (χ2v) is 3.63. The van der Waals surface area contributed by atoms with Crippen LogP contribution in [0.1, 0.15) is 25.3 Å². The molecular formula is C13H17NO2. The van der Waals surface area contributed by atoms with Crippen molar-refractivity contribution in [1.29, 1.82) is 0 Å². The minimum atomic E-state index is -0.797. The monoisotopic (exact) mass is 219 g/mol. The van der Waals surface area contributed by atoms with E-state index in [0.717, 1.165) is 17.8 Å². The average Bonchev–Trinajstić information content (AvgIpc) is 2.29. The van der Waals surface area contributed by atoms with Crippen LogP contribution in [0.25, 0.3) is 0 Å². The molecule has 0 fully saturated rings. The van der Waals surface area contributed by atoms with Gasteiger partial charge in [-0.15, -0.1) is 0 Å². The van der Waals surface area contributed by atoms with E-state index in [0.29, 0.717) is 0 Å². The quantitative estimate of drug-likeness (QED) is 0.749. The molecule has 0 aliphatic rings. The van der Waals surface area contributed by atoms with Crippen molar-refractivity contribution in [2.75, 3.05) is 11.9 Å². The highest BCUT2D eigenvalue weighted by atomic mass is 16.4. The maximum absolute atomic E-state index is 10.8. The van der Waals surface area contributed by atoms with E-state index < -0.39 is 11.9 Å². The Hall–Kier alpha value is -1.77. The van der Waals surface area contributed by atoms with Gasteiger partial charge in [-0.25, -0.2) is 0 Å². The lowest BCUT2D eigenvalue weighted by Gasteiger charge is -2.08. The molecule has 0 radical (unpaired) electrons. The summed E-state index contributed by atoms with van der Waals surface area (Å²) in [6, 6.07) is 7.49. The number of carboxylic acids is 1. The van der Waals surface area contributed by atoms with Crippen LogP contribution in [0.3, 0.4) is 0 Å². The summed E-state index contributed by atoms with van der Waals surface area (Å²) < 4.78 is 0. The van der Waals surface area contributed by atoms with Crippen LogP contribution in [0, 0.1) is 0 Å². The van der Waals surface area contributed by atoms with Gasteiger partial charge in [0.25, 0.3) is 0 Å². The zero-order valence-electron chi connectivity index (χ0n) is 9.60. The summed E-state index contributed by atoms with van der Waals surface area (Å²) in [6.45, 7) is 4.44. The van der Waals surface area contributed by atoms with Gasteiger partial charge in [0.1, 0.15) is 0 Å². The maximum Gasteiger partial charge on any atom is 0.310 e. The number of anilines is 1. The minimum absolute atomic E-state index is 0.454. The molecule has 0 bridgehead atoms. The lowest BCUT2D eigenvalue weighted by Crippen LogP contribution is -2.07. The predicted molar refractivity (Wildman–Crippen MR) is 65.8 cm³/mol. The predicted octanol–water partition coefficient (Wildman–Crippen LogP) is 2.86. The van der Waals surface area contributed by atoms with Crippen LogP contribution >= 0.6 is 0 Å². The van der Waals surface area contributed by atoms with Gasteiger partial charge >= 0.3 is 5.97 Å². The Bertz CT molecular complexity index is 368. The number of rotatable bonds is 5. The number of carboxylic acid groups (broad SMARTS) is 1. The molecule has 1 unspecified atom stereocenters. The Morgan fingerprint density at radius 1 is 1.44 bits per heavy atom. The Morgan fingerprint density at radius 3 is 2.56 bits per heavy atom. The Kier molecular flexibility index (Phi) is 4.58. The molecule has 0 aromatic heterocycles. The third-order valence-electron chi connectivity index (χ3n) is 2.44. The van der Waals surface area contributed by atoms with Gasteiger partial charge in [-0.1, -0.05) is 24.3 Å². The normalized spacial score (nSPS) is 12.6. The molecule has 0 aliphatic carbocycles. The van der Waals surface area contributed by atoms with Gasteiger partial charge in [0.2, 0.25) is 0 Å². The summed E-state index contributed by atoms with van der Waals surface area (Å²) in [5.74, 6) is -1.25. The Balaban J connectivity index is 2.64. The first-order chi connectivity index (χ1) is 7.65. The molecule has 0 saturated heterocycles. The van der Waals surface area contributed by atoms with Gasteiger partial charge in [-0.3, -0.25) is 4.79 Å². The van der Waals surface area contributed by atoms with Crippen molar-refractivity contribution in [3.8, 4) is 0 Å². The highest BCUT2D eigenvalue weighted by Crippen LogP contribution is 2.17. The molecule has 0 spiro atoms. The van der Waals surface area contributed by atoms with E-state index in [9.17, 15) is 4.79 Å². The number of aliphatic carboxylic acids is 1. The molecule has 1 aromatic rings. The van der Waals surface area contributed by atoms with Crippen LogP contribution < -0.4 is 5.32 Å². The fraction of sp³-hybridized carbons (Fsp3) is 0.308. The van der Waals surface area contributed by atoms with Crippen molar-refractivity contribution < 1.29 is 9.90 Å². The van der Waals surface area contributed by atoms with E-state index in [2.05, 4.69) is 5.32 Å². The molecule has 3 heteroatoms. The summed E-state index contributed by atoms with van der Waals surface area (Å²) in [6.07, 6.45) is 4.00. The van der Waals surface area contributed by atoms with Crippen LogP contribution in [0.4, 0.5) is 5.69 Å². The number of allylic oxidation sites excluding steroid dienone is 1. The van der Waals surface area contributed by atoms with Crippen molar-refractivity contribution in [3.05, 3.63) is 42.0 Å². The van der Waals surface area contributed by atoms with Crippen molar-refractivity contribution in [2.45, 2.75) is 19.8 Å². The van der Waals surface area contributed by atoms with E-state index in [1.54, 1.807) is 6.92 Å². The fourth-order valence-corrected chi connectivity index (χ4v) is 1.33.